The van der Waals surface area contributed by atoms with E-state index in [1.807, 2.05) is 0 Å². The summed E-state index contributed by atoms with van der Waals surface area (Å²) in [6.45, 7) is 2.41. The normalized spacial score (nSPS) is 22.0. The van der Waals surface area contributed by atoms with Gasteiger partial charge in [0.05, 0.1) is 0 Å². The van der Waals surface area contributed by atoms with Crippen molar-refractivity contribution in [2.45, 2.75) is 32.6 Å². The fourth-order valence-electron chi connectivity index (χ4n) is 1.43. The second-order valence-corrected chi connectivity index (χ2v) is 3.11. The van der Waals surface area contributed by atoms with E-state index < -0.39 is 0 Å². The van der Waals surface area contributed by atoms with Gasteiger partial charge in [0.25, 0.3) is 0 Å². The van der Waals surface area contributed by atoms with Crippen LogP contribution in [0.2, 0.25) is 0 Å². The average Bonchev–Trinajstić information content (AvgIpc) is 2.05. The third-order valence-corrected chi connectivity index (χ3v) is 2.23. The van der Waals surface area contributed by atoms with E-state index in [0.717, 1.165) is 0 Å². The molecule has 1 heteroatoms. The molecule has 1 aliphatic rings. The first-order chi connectivity index (χ1) is 4.84. The van der Waals surface area contributed by atoms with Gasteiger partial charge in [0.2, 0.25) is 0 Å². The summed E-state index contributed by atoms with van der Waals surface area (Å²) in [5.74, 6) is 0.403. The minimum atomic E-state index is 0.311. The van der Waals surface area contributed by atoms with Gasteiger partial charge < -0.3 is 5.11 Å². The van der Waals surface area contributed by atoms with Gasteiger partial charge in [-0.1, -0.05) is 18.6 Å². The van der Waals surface area contributed by atoms with Gasteiger partial charge in [0, 0.05) is 12.5 Å². The molecule has 58 valence electrons. The van der Waals surface area contributed by atoms with Crippen LogP contribution in [0, 0.1) is 5.92 Å². The molecule has 10 heavy (non-hydrogen) atoms. The molecule has 1 rings (SSSR count). The summed E-state index contributed by atoms with van der Waals surface area (Å²) in [6.07, 6.45) is 7.38. The quantitative estimate of drug-likeness (QED) is 0.582. The van der Waals surface area contributed by atoms with Crippen molar-refractivity contribution in [3.63, 3.8) is 0 Å². The van der Waals surface area contributed by atoms with Crippen molar-refractivity contribution in [2.75, 3.05) is 6.61 Å². The van der Waals surface area contributed by atoms with Gasteiger partial charge >= 0.3 is 0 Å². The van der Waals surface area contributed by atoms with Crippen molar-refractivity contribution in [1.82, 2.24) is 0 Å². The fraction of sp³-hybridized carbons (Fsp3) is 0.778. The Labute approximate surface area is 62.8 Å². The Bertz CT molecular complexity index is 127. The second-order valence-electron chi connectivity index (χ2n) is 3.11. The zero-order chi connectivity index (χ0) is 7.40. The molecule has 0 aromatic rings. The first kappa shape index (κ1) is 7.80. The van der Waals surface area contributed by atoms with Crippen LogP contribution in [-0.2, 0) is 0 Å². The topological polar surface area (TPSA) is 20.2 Å². The molecule has 0 aliphatic heterocycles. The molecule has 0 radical (unpaired) electrons. The highest BCUT2D eigenvalue weighted by molar-refractivity contribution is 5.08. The summed E-state index contributed by atoms with van der Waals surface area (Å²) in [6, 6.07) is 0. The summed E-state index contributed by atoms with van der Waals surface area (Å²) in [5, 5.41) is 8.85. The zero-order valence-electron chi connectivity index (χ0n) is 6.64. The lowest BCUT2D eigenvalue weighted by Gasteiger charge is -2.17. The number of aliphatic hydroxyl groups excluding tert-OH is 1. The van der Waals surface area contributed by atoms with Gasteiger partial charge in [-0.05, 0) is 25.7 Å². The number of hydrogen-bond donors (Lipinski definition) is 1. The largest absolute Gasteiger partial charge is 0.396 e. The van der Waals surface area contributed by atoms with Gasteiger partial charge in [0.15, 0.2) is 0 Å². The molecule has 0 spiro atoms. The molecule has 1 unspecified atom stereocenters. The molecule has 0 aromatic heterocycles. The van der Waals surface area contributed by atoms with Crippen molar-refractivity contribution < 1.29 is 5.11 Å². The van der Waals surface area contributed by atoms with Gasteiger partial charge in [0.1, 0.15) is 0 Å². The fourth-order valence-corrected chi connectivity index (χ4v) is 1.43. The van der Waals surface area contributed by atoms with Crippen LogP contribution in [0.4, 0.5) is 0 Å². The third kappa shape index (κ3) is 1.84. The summed E-state index contributed by atoms with van der Waals surface area (Å²) >= 11 is 0. The highest BCUT2D eigenvalue weighted by atomic mass is 16.3. The summed E-state index contributed by atoms with van der Waals surface area (Å²) < 4.78 is 0. The Hall–Kier alpha value is -0.300. The Kier molecular flexibility index (Phi) is 2.94. The molecule has 0 saturated carbocycles. The van der Waals surface area contributed by atoms with Gasteiger partial charge in [-0.25, -0.2) is 0 Å². The third-order valence-electron chi connectivity index (χ3n) is 2.23. The molecule has 1 nitrogen and oxygen atoms in total. The van der Waals surface area contributed by atoms with Crippen molar-refractivity contribution in [2.24, 2.45) is 5.92 Å². The van der Waals surface area contributed by atoms with E-state index >= 15 is 0 Å². The number of rotatable bonds is 2. The molecule has 0 heterocycles. The maximum Gasteiger partial charge on any atom is 0.0493 e. The first-order valence-corrected chi connectivity index (χ1v) is 4.14. The molecule has 1 aliphatic carbocycles. The molecular formula is C9H16O. The maximum atomic E-state index is 8.85. The second kappa shape index (κ2) is 3.77. The summed E-state index contributed by atoms with van der Waals surface area (Å²) in [7, 11) is 0. The van der Waals surface area contributed by atoms with Crippen LogP contribution in [0.15, 0.2) is 11.6 Å². The van der Waals surface area contributed by atoms with E-state index in [4.69, 9.17) is 5.11 Å². The Morgan fingerprint density at radius 2 is 2.40 bits per heavy atom. The van der Waals surface area contributed by atoms with Crippen LogP contribution in [0.5, 0.6) is 0 Å². The first-order valence-electron chi connectivity index (χ1n) is 4.14. The summed E-state index contributed by atoms with van der Waals surface area (Å²) in [5.41, 5.74) is 1.47. The van der Waals surface area contributed by atoms with E-state index in [2.05, 4.69) is 13.0 Å². The zero-order valence-corrected chi connectivity index (χ0v) is 6.64. The lowest BCUT2D eigenvalue weighted by Crippen LogP contribution is -2.06. The van der Waals surface area contributed by atoms with E-state index in [1.54, 1.807) is 0 Å². The predicted molar refractivity (Wildman–Crippen MR) is 42.8 cm³/mol. The highest BCUT2D eigenvalue weighted by Gasteiger charge is 2.09. The average molecular weight is 140 g/mol. The van der Waals surface area contributed by atoms with Gasteiger partial charge in [-0.3, -0.25) is 0 Å². The van der Waals surface area contributed by atoms with Crippen molar-refractivity contribution >= 4 is 0 Å². The lowest BCUT2D eigenvalue weighted by atomic mass is 9.91. The van der Waals surface area contributed by atoms with Crippen molar-refractivity contribution in [3.8, 4) is 0 Å². The smallest absolute Gasteiger partial charge is 0.0493 e. The van der Waals surface area contributed by atoms with E-state index in [0.29, 0.717) is 12.5 Å². The molecule has 0 aromatic carbocycles. The minimum absolute atomic E-state index is 0.311. The maximum absolute atomic E-state index is 8.85. The van der Waals surface area contributed by atoms with Crippen LogP contribution in [-0.4, -0.2) is 11.7 Å². The molecule has 1 atom stereocenters. The number of hydrogen-bond acceptors (Lipinski definition) is 1. The van der Waals surface area contributed by atoms with E-state index in [-0.39, 0.29) is 0 Å². The number of aliphatic hydroxyl groups is 1. The lowest BCUT2D eigenvalue weighted by molar-refractivity contribution is 0.252. The Balaban J connectivity index is 2.44. The Morgan fingerprint density at radius 3 is 2.90 bits per heavy atom. The van der Waals surface area contributed by atoms with Crippen LogP contribution < -0.4 is 0 Å². The van der Waals surface area contributed by atoms with E-state index in [1.165, 1.54) is 31.3 Å². The SMILES string of the molecule is CC(CO)C1=CCCCC1. The van der Waals surface area contributed by atoms with Gasteiger partial charge in [-0.15, -0.1) is 0 Å². The van der Waals surface area contributed by atoms with Crippen LogP contribution in [0.25, 0.3) is 0 Å². The summed E-state index contributed by atoms with van der Waals surface area (Å²) in [4.78, 5) is 0. The standard InChI is InChI=1S/C9H16O/c1-8(7-10)9-5-3-2-4-6-9/h5,8,10H,2-4,6-7H2,1H3. The molecule has 1 N–H and O–H groups in total. The molecule has 0 amide bonds. The molecule has 0 saturated heterocycles. The van der Waals surface area contributed by atoms with Crippen molar-refractivity contribution in [3.05, 3.63) is 11.6 Å². The highest BCUT2D eigenvalue weighted by Crippen LogP contribution is 2.23. The molecule has 0 bridgehead atoms. The Morgan fingerprint density at radius 1 is 1.60 bits per heavy atom. The van der Waals surface area contributed by atoms with Gasteiger partial charge in [-0.2, -0.15) is 0 Å². The van der Waals surface area contributed by atoms with Crippen molar-refractivity contribution in [1.29, 1.82) is 0 Å². The number of allylic oxidation sites excluding steroid dienone is 1. The predicted octanol–water partition coefficient (Wildman–Crippen LogP) is 2.12. The van der Waals surface area contributed by atoms with Crippen LogP contribution in [0.1, 0.15) is 32.6 Å². The van der Waals surface area contributed by atoms with E-state index in [9.17, 15) is 0 Å². The minimum Gasteiger partial charge on any atom is -0.396 e. The molecular weight excluding hydrogens is 124 g/mol. The van der Waals surface area contributed by atoms with Crippen LogP contribution in [0.3, 0.4) is 0 Å². The van der Waals surface area contributed by atoms with Crippen LogP contribution >= 0.6 is 0 Å². The molecule has 0 fully saturated rings. The monoisotopic (exact) mass is 140 g/mol.